The molecular formula is C16H26N2O2. The fourth-order valence-corrected chi connectivity index (χ4v) is 5.01. The van der Waals surface area contributed by atoms with E-state index in [-0.39, 0.29) is 30.3 Å². The number of rotatable bonds is 4. The van der Waals surface area contributed by atoms with Gasteiger partial charge >= 0.3 is 0 Å². The predicted molar refractivity (Wildman–Crippen MR) is 76.8 cm³/mol. The van der Waals surface area contributed by atoms with Crippen LogP contribution in [0.5, 0.6) is 0 Å². The highest BCUT2D eigenvalue weighted by molar-refractivity contribution is 5.86. The third-order valence-electron chi connectivity index (χ3n) is 5.40. The Balaban J connectivity index is 1.54. The topological polar surface area (TPSA) is 58.2 Å². The van der Waals surface area contributed by atoms with Gasteiger partial charge in [-0.3, -0.25) is 9.59 Å². The highest BCUT2D eigenvalue weighted by atomic mass is 16.2. The third-order valence-corrected chi connectivity index (χ3v) is 5.40. The standard InChI is InChI=1S/C16H26N2O2/c1-9(2)18-14(19)8-17-16(20)15-12-4-10-3-11(6-12)7-13(15)5-10/h9-13,15H,3-8H2,1-2H3,(H,17,20)(H,18,19). The maximum Gasteiger partial charge on any atom is 0.239 e. The fraction of sp³-hybridized carbons (Fsp3) is 0.875. The molecule has 20 heavy (non-hydrogen) atoms. The van der Waals surface area contributed by atoms with Crippen molar-refractivity contribution in [2.75, 3.05) is 6.54 Å². The molecule has 0 aromatic heterocycles. The van der Waals surface area contributed by atoms with Gasteiger partial charge in [-0.1, -0.05) is 0 Å². The molecule has 4 aliphatic carbocycles. The van der Waals surface area contributed by atoms with Crippen molar-refractivity contribution in [3.8, 4) is 0 Å². The molecule has 0 radical (unpaired) electrons. The average Bonchev–Trinajstić information content (AvgIpc) is 2.34. The second-order valence-corrected chi connectivity index (χ2v) is 7.40. The van der Waals surface area contributed by atoms with Gasteiger partial charge in [0.15, 0.2) is 0 Å². The van der Waals surface area contributed by atoms with E-state index in [1.807, 2.05) is 13.8 Å². The fourth-order valence-electron chi connectivity index (χ4n) is 5.01. The largest absolute Gasteiger partial charge is 0.352 e. The summed E-state index contributed by atoms with van der Waals surface area (Å²) in [4.78, 5) is 24.1. The number of hydrogen-bond donors (Lipinski definition) is 2. The Bertz CT molecular complexity index is 377. The molecule has 4 saturated carbocycles. The van der Waals surface area contributed by atoms with Gasteiger partial charge in [0.05, 0.1) is 6.54 Å². The Morgan fingerprint density at radius 1 is 1.00 bits per heavy atom. The molecule has 4 heteroatoms. The van der Waals surface area contributed by atoms with Crippen LogP contribution in [0.15, 0.2) is 0 Å². The zero-order valence-electron chi connectivity index (χ0n) is 12.5. The summed E-state index contributed by atoms with van der Waals surface area (Å²) in [6.45, 7) is 3.98. The first kappa shape index (κ1) is 13.9. The molecule has 0 aromatic rings. The molecule has 0 saturated heterocycles. The number of carbonyl (C=O) groups is 2. The zero-order chi connectivity index (χ0) is 14.3. The maximum atomic E-state index is 12.4. The van der Waals surface area contributed by atoms with Gasteiger partial charge in [0, 0.05) is 12.0 Å². The lowest BCUT2D eigenvalue weighted by atomic mass is 9.51. The summed E-state index contributed by atoms with van der Waals surface area (Å²) in [5.41, 5.74) is 0. The van der Waals surface area contributed by atoms with Crippen molar-refractivity contribution in [2.24, 2.45) is 29.6 Å². The van der Waals surface area contributed by atoms with Gasteiger partial charge in [-0.25, -0.2) is 0 Å². The molecule has 2 N–H and O–H groups in total. The van der Waals surface area contributed by atoms with E-state index in [1.165, 1.54) is 32.1 Å². The van der Waals surface area contributed by atoms with Gasteiger partial charge in [-0.05, 0) is 69.6 Å². The molecule has 4 rings (SSSR count). The third kappa shape index (κ3) is 2.70. The van der Waals surface area contributed by atoms with Crippen molar-refractivity contribution in [3.05, 3.63) is 0 Å². The van der Waals surface area contributed by atoms with Gasteiger partial charge in [0.2, 0.25) is 11.8 Å². The Labute approximate surface area is 121 Å². The molecule has 4 fully saturated rings. The minimum absolute atomic E-state index is 0.0860. The van der Waals surface area contributed by atoms with E-state index in [9.17, 15) is 9.59 Å². The molecular weight excluding hydrogens is 252 g/mol. The molecule has 0 spiro atoms. The number of hydrogen-bond acceptors (Lipinski definition) is 2. The monoisotopic (exact) mass is 278 g/mol. The Hall–Kier alpha value is -1.06. The number of carbonyl (C=O) groups excluding carboxylic acids is 2. The molecule has 112 valence electrons. The highest BCUT2D eigenvalue weighted by Gasteiger charge is 2.50. The lowest BCUT2D eigenvalue weighted by molar-refractivity contribution is -0.139. The number of nitrogens with one attached hydrogen (secondary N) is 2. The van der Waals surface area contributed by atoms with Crippen LogP contribution < -0.4 is 10.6 Å². The first-order chi connectivity index (χ1) is 9.52. The van der Waals surface area contributed by atoms with Gasteiger partial charge in [-0.2, -0.15) is 0 Å². The Morgan fingerprint density at radius 3 is 2.05 bits per heavy atom. The molecule has 2 amide bonds. The molecule has 4 bridgehead atoms. The summed E-state index contributed by atoms with van der Waals surface area (Å²) in [6, 6.07) is 0.126. The SMILES string of the molecule is CC(C)NC(=O)CNC(=O)C1C2CC3CC(C2)CC1C3. The van der Waals surface area contributed by atoms with Crippen LogP contribution in [0.4, 0.5) is 0 Å². The van der Waals surface area contributed by atoms with Crippen LogP contribution in [0.2, 0.25) is 0 Å². The quantitative estimate of drug-likeness (QED) is 0.822. The van der Waals surface area contributed by atoms with Crippen molar-refractivity contribution in [1.29, 1.82) is 0 Å². The molecule has 0 aliphatic heterocycles. The lowest BCUT2D eigenvalue weighted by Crippen LogP contribution is -2.52. The summed E-state index contributed by atoms with van der Waals surface area (Å²) in [7, 11) is 0. The molecule has 0 unspecified atom stereocenters. The van der Waals surface area contributed by atoms with Gasteiger partial charge in [-0.15, -0.1) is 0 Å². The minimum Gasteiger partial charge on any atom is -0.352 e. The van der Waals surface area contributed by atoms with Gasteiger partial charge in [0.25, 0.3) is 0 Å². The van der Waals surface area contributed by atoms with E-state index in [0.29, 0.717) is 11.8 Å². The van der Waals surface area contributed by atoms with E-state index in [1.54, 1.807) is 0 Å². The van der Waals surface area contributed by atoms with Crippen LogP contribution in [-0.4, -0.2) is 24.4 Å². The van der Waals surface area contributed by atoms with E-state index < -0.39 is 0 Å². The minimum atomic E-state index is -0.0860. The van der Waals surface area contributed by atoms with Crippen molar-refractivity contribution >= 4 is 11.8 Å². The first-order valence-electron chi connectivity index (χ1n) is 8.10. The van der Waals surface area contributed by atoms with Crippen molar-refractivity contribution in [1.82, 2.24) is 10.6 Å². The van der Waals surface area contributed by atoms with E-state index in [0.717, 1.165) is 11.8 Å². The number of amides is 2. The van der Waals surface area contributed by atoms with Crippen molar-refractivity contribution < 1.29 is 9.59 Å². The average molecular weight is 278 g/mol. The van der Waals surface area contributed by atoms with Gasteiger partial charge < -0.3 is 10.6 Å². The summed E-state index contributed by atoms with van der Waals surface area (Å²) < 4.78 is 0. The van der Waals surface area contributed by atoms with E-state index >= 15 is 0 Å². The second-order valence-electron chi connectivity index (χ2n) is 7.40. The van der Waals surface area contributed by atoms with Crippen LogP contribution >= 0.6 is 0 Å². The van der Waals surface area contributed by atoms with Crippen LogP contribution in [-0.2, 0) is 9.59 Å². The Kier molecular flexibility index (Phi) is 3.74. The summed E-state index contributed by atoms with van der Waals surface area (Å²) in [5.74, 6) is 3.14. The molecule has 4 nitrogen and oxygen atoms in total. The van der Waals surface area contributed by atoms with Gasteiger partial charge in [0.1, 0.15) is 0 Å². The summed E-state index contributed by atoms with van der Waals surface area (Å²) in [5, 5.41) is 5.68. The highest BCUT2D eigenvalue weighted by Crippen LogP contribution is 2.56. The summed E-state index contributed by atoms with van der Waals surface area (Å²) >= 11 is 0. The van der Waals surface area contributed by atoms with Crippen LogP contribution in [0.3, 0.4) is 0 Å². The van der Waals surface area contributed by atoms with Crippen molar-refractivity contribution in [3.63, 3.8) is 0 Å². The maximum absolute atomic E-state index is 12.4. The Morgan fingerprint density at radius 2 is 1.55 bits per heavy atom. The molecule has 0 aromatic carbocycles. The smallest absolute Gasteiger partial charge is 0.239 e. The predicted octanol–water partition coefficient (Wildman–Crippen LogP) is 1.70. The second kappa shape index (κ2) is 5.38. The van der Waals surface area contributed by atoms with Crippen molar-refractivity contribution in [2.45, 2.75) is 52.0 Å². The van der Waals surface area contributed by atoms with E-state index in [4.69, 9.17) is 0 Å². The van der Waals surface area contributed by atoms with E-state index in [2.05, 4.69) is 10.6 Å². The molecule has 4 aliphatic rings. The first-order valence-corrected chi connectivity index (χ1v) is 8.10. The molecule has 0 atom stereocenters. The molecule has 0 heterocycles. The van der Waals surface area contributed by atoms with Crippen LogP contribution in [0, 0.1) is 29.6 Å². The lowest BCUT2D eigenvalue weighted by Gasteiger charge is -2.53. The van der Waals surface area contributed by atoms with Crippen LogP contribution in [0.1, 0.15) is 46.0 Å². The van der Waals surface area contributed by atoms with Crippen LogP contribution in [0.25, 0.3) is 0 Å². The summed E-state index contributed by atoms with van der Waals surface area (Å²) in [6.07, 6.45) is 6.36. The normalized spacial score (nSPS) is 38.0. The zero-order valence-corrected chi connectivity index (χ0v) is 12.5.